The van der Waals surface area contributed by atoms with E-state index in [0.717, 1.165) is 42.0 Å². The van der Waals surface area contributed by atoms with Gasteiger partial charge in [-0.3, -0.25) is 0 Å². The first-order valence-electron chi connectivity index (χ1n) is 8.44. The van der Waals surface area contributed by atoms with Crippen molar-refractivity contribution in [1.29, 1.82) is 0 Å². The van der Waals surface area contributed by atoms with Gasteiger partial charge in [0.05, 0.1) is 5.56 Å². The predicted octanol–water partition coefficient (Wildman–Crippen LogP) is 6.97. The normalized spacial score (nSPS) is 18.3. The highest BCUT2D eigenvalue weighted by Gasteiger charge is 2.29. The summed E-state index contributed by atoms with van der Waals surface area (Å²) in [6.45, 7) is 2.24. The molecule has 0 radical (unpaired) electrons. The van der Waals surface area contributed by atoms with Crippen molar-refractivity contribution in [2.75, 3.05) is 0 Å². The van der Waals surface area contributed by atoms with E-state index < -0.39 is 11.7 Å². The molecule has 3 rings (SSSR count). The highest BCUT2D eigenvalue weighted by Crippen LogP contribution is 2.33. The lowest BCUT2D eigenvalue weighted by Gasteiger charge is -2.20. The van der Waals surface area contributed by atoms with E-state index in [4.69, 9.17) is 0 Å². The van der Waals surface area contributed by atoms with Crippen molar-refractivity contribution in [3.63, 3.8) is 0 Å². The maximum absolute atomic E-state index is 12.6. The minimum Gasteiger partial charge on any atom is -0.166 e. The second-order valence-corrected chi connectivity index (χ2v) is 6.43. The van der Waals surface area contributed by atoms with Crippen LogP contribution in [0.25, 0.3) is 16.7 Å². The molecule has 0 nitrogen and oxygen atoms in total. The third kappa shape index (κ3) is 3.72. The Balaban J connectivity index is 1.76. The van der Waals surface area contributed by atoms with Crippen LogP contribution in [-0.4, -0.2) is 0 Å². The Morgan fingerprint density at radius 2 is 1.42 bits per heavy atom. The Bertz CT molecular complexity index is 706. The molecule has 1 atom stereocenters. The molecular formula is C21H21F3. The van der Waals surface area contributed by atoms with Gasteiger partial charge in [0.25, 0.3) is 0 Å². The summed E-state index contributed by atoms with van der Waals surface area (Å²) in [6.07, 6.45) is 2.78. The summed E-state index contributed by atoms with van der Waals surface area (Å²) in [7, 11) is 0. The van der Waals surface area contributed by atoms with Gasteiger partial charge < -0.3 is 0 Å². The summed E-state index contributed by atoms with van der Waals surface area (Å²) in [5.74, 6) is 0.806. The molecule has 1 unspecified atom stereocenters. The molecular weight excluding hydrogens is 309 g/mol. The van der Waals surface area contributed by atoms with Crippen molar-refractivity contribution in [2.24, 2.45) is 5.92 Å². The average molecular weight is 330 g/mol. The fourth-order valence-electron chi connectivity index (χ4n) is 3.25. The minimum atomic E-state index is -4.29. The molecule has 0 bridgehead atoms. The number of halogens is 3. The largest absolute Gasteiger partial charge is 0.416 e. The molecule has 126 valence electrons. The smallest absolute Gasteiger partial charge is 0.166 e. The number of allylic oxidation sites excluding steroid dienone is 2. The van der Waals surface area contributed by atoms with Crippen LogP contribution < -0.4 is 0 Å². The second-order valence-electron chi connectivity index (χ2n) is 6.43. The van der Waals surface area contributed by atoms with E-state index in [-0.39, 0.29) is 0 Å². The third-order valence-corrected chi connectivity index (χ3v) is 4.90. The molecule has 0 aliphatic heterocycles. The number of benzene rings is 2. The fraction of sp³-hybridized carbons (Fsp3) is 0.333. The Morgan fingerprint density at radius 1 is 0.875 bits per heavy atom. The van der Waals surface area contributed by atoms with E-state index >= 15 is 0 Å². The molecule has 1 aliphatic rings. The van der Waals surface area contributed by atoms with Gasteiger partial charge in [-0.05, 0) is 59.6 Å². The summed E-state index contributed by atoms with van der Waals surface area (Å²) >= 11 is 0. The summed E-state index contributed by atoms with van der Waals surface area (Å²) in [4.78, 5) is 0. The Morgan fingerprint density at radius 3 is 1.88 bits per heavy atom. The van der Waals surface area contributed by atoms with Gasteiger partial charge in [0.15, 0.2) is 0 Å². The molecule has 0 spiro atoms. The number of hydrogen-bond acceptors (Lipinski definition) is 0. The molecule has 3 heteroatoms. The zero-order chi connectivity index (χ0) is 17.2. The first-order valence-corrected chi connectivity index (χ1v) is 8.44. The van der Waals surface area contributed by atoms with E-state index in [0.29, 0.717) is 0 Å². The molecule has 0 saturated carbocycles. The lowest BCUT2D eigenvalue weighted by Crippen LogP contribution is -2.04. The van der Waals surface area contributed by atoms with Crippen LogP contribution in [0.4, 0.5) is 13.2 Å². The van der Waals surface area contributed by atoms with E-state index in [9.17, 15) is 13.2 Å². The van der Waals surface area contributed by atoms with Crippen molar-refractivity contribution >= 4 is 5.57 Å². The van der Waals surface area contributed by atoms with Crippen molar-refractivity contribution in [3.8, 4) is 11.1 Å². The van der Waals surface area contributed by atoms with Crippen LogP contribution in [0.5, 0.6) is 0 Å². The Hall–Kier alpha value is -2.03. The van der Waals surface area contributed by atoms with Gasteiger partial charge >= 0.3 is 6.18 Å². The van der Waals surface area contributed by atoms with Gasteiger partial charge in [0, 0.05) is 0 Å². The van der Waals surface area contributed by atoms with Gasteiger partial charge in [0.2, 0.25) is 0 Å². The quantitative estimate of drug-likeness (QED) is 0.570. The van der Waals surface area contributed by atoms with Crippen molar-refractivity contribution in [1.82, 2.24) is 0 Å². The maximum Gasteiger partial charge on any atom is 0.416 e. The Kier molecular flexibility index (Phi) is 4.79. The topological polar surface area (TPSA) is 0 Å². The van der Waals surface area contributed by atoms with Crippen LogP contribution in [0.3, 0.4) is 0 Å². The standard InChI is InChI=1S/C21H21F3/c1-2-15-3-5-16(6-4-15)17-7-9-18(10-8-17)19-11-13-20(14-12-19)21(22,23)24/h5,7-15H,2-4,6H2,1H3. The second kappa shape index (κ2) is 6.84. The first kappa shape index (κ1) is 16.8. The molecule has 0 saturated heterocycles. The van der Waals surface area contributed by atoms with Crippen molar-refractivity contribution < 1.29 is 13.2 Å². The van der Waals surface area contributed by atoms with Crippen LogP contribution >= 0.6 is 0 Å². The lowest BCUT2D eigenvalue weighted by atomic mass is 9.85. The summed E-state index contributed by atoms with van der Waals surface area (Å²) in [5, 5.41) is 0. The average Bonchev–Trinajstić information content (AvgIpc) is 2.61. The van der Waals surface area contributed by atoms with Crippen LogP contribution in [0, 0.1) is 5.92 Å². The summed E-state index contributed by atoms with van der Waals surface area (Å²) in [6, 6.07) is 13.5. The van der Waals surface area contributed by atoms with Gasteiger partial charge in [-0.2, -0.15) is 13.2 Å². The SMILES string of the molecule is CCC1CC=C(c2ccc(-c3ccc(C(F)(F)F)cc3)cc2)CC1. The molecule has 2 aromatic rings. The van der Waals surface area contributed by atoms with Gasteiger partial charge in [-0.1, -0.05) is 55.8 Å². The Labute approximate surface area is 141 Å². The fourth-order valence-corrected chi connectivity index (χ4v) is 3.25. The summed E-state index contributed by atoms with van der Waals surface area (Å²) < 4.78 is 37.9. The van der Waals surface area contributed by atoms with Crippen molar-refractivity contribution in [2.45, 2.75) is 38.8 Å². The predicted molar refractivity (Wildman–Crippen MR) is 92.5 cm³/mol. The molecule has 2 aromatic carbocycles. The van der Waals surface area contributed by atoms with Gasteiger partial charge in [-0.15, -0.1) is 0 Å². The van der Waals surface area contributed by atoms with E-state index in [1.54, 1.807) is 0 Å². The molecule has 0 fully saturated rings. The van der Waals surface area contributed by atoms with Crippen LogP contribution in [0.15, 0.2) is 54.6 Å². The third-order valence-electron chi connectivity index (χ3n) is 4.90. The number of hydrogen-bond donors (Lipinski definition) is 0. The summed E-state index contributed by atoms with van der Waals surface area (Å²) in [5.41, 5.74) is 3.74. The number of rotatable bonds is 3. The maximum atomic E-state index is 12.6. The van der Waals surface area contributed by atoms with Gasteiger partial charge in [-0.25, -0.2) is 0 Å². The van der Waals surface area contributed by atoms with Crippen molar-refractivity contribution in [3.05, 3.63) is 65.7 Å². The molecule has 0 aromatic heterocycles. The van der Waals surface area contributed by atoms with Gasteiger partial charge in [0.1, 0.15) is 0 Å². The van der Waals surface area contributed by atoms with Crippen LogP contribution in [0.2, 0.25) is 0 Å². The number of alkyl halides is 3. The van der Waals surface area contributed by atoms with E-state index in [1.807, 2.05) is 12.1 Å². The first-order chi connectivity index (χ1) is 11.5. The highest BCUT2D eigenvalue weighted by molar-refractivity contribution is 5.71. The zero-order valence-electron chi connectivity index (χ0n) is 13.7. The molecule has 0 amide bonds. The van der Waals surface area contributed by atoms with Crippen LogP contribution in [-0.2, 0) is 6.18 Å². The van der Waals surface area contributed by atoms with Crippen LogP contribution in [0.1, 0.15) is 43.7 Å². The van der Waals surface area contributed by atoms with E-state index in [1.165, 1.54) is 36.1 Å². The molecule has 0 N–H and O–H groups in total. The lowest BCUT2D eigenvalue weighted by molar-refractivity contribution is -0.137. The van der Waals surface area contributed by atoms with E-state index in [2.05, 4.69) is 25.1 Å². The monoisotopic (exact) mass is 330 g/mol. The zero-order valence-corrected chi connectivity index (χ0v) is 13.7. The minimum absolute atomic E-state index is 0.610. The molecule has 0 heterocycles. The molecule has 1 aliphatic carbocycles. The highest BCUT2D eigenvalue weighted by atomic mass is 19.4. The molecule has 24 heavy (non-hydrogen) atoms.